The smallest absolute Gasteiger partial charge is 0.162 e. The number of likely N-dealkylation sites (N-methyl/N-ethyl adjacent to an activating group) is 2. The first-order valence-corrected chi connectivity index (χ1v) is 4.57. The van der Waals surface area contributed by atoms with Crippen molar-refractivity contribution >= 4 is 23.3 Å². The summed E-state index contributed by atoms with van der Waals surface area (Å²) < 4.78 is 0. The van der Waals surface area contributed by atoms with Crippen LogP contribution in [0.2, 0.25) is 0 Å². The van der Waals surface area contributed by atoms with Crippen molar-refractivity contribution < 1.29 is 4.79 Å². The topological polar surface area (TPSA) is 53.0 Å². The maximum absolute atomic E-state index is 10.9. The van der Waals surface area contributed by atoms with Gasteiger partial charge in [0.05, 0.1) is 11.4 Å². The van der Waals surface area contributed by atoms with Crippen molar-refractivity contribution in [3.05, 3.63) is 23.1 Å². The first-order chi connectivity index (χ1) is 7.19. The molecular weight excluding hydrogens is 194 g/mol. The van der Waals surface area contributed by atoms with Crippen molar-refractivity contribution in [1.29, 1.82) is 0 Å². The first kappa shape index (κ1) is 9.64. The number of carbonyl (C=O) groups is 1. The quantitative estimate of drug-likeness (QED) is 0.542. The highest BCUT2D eigenvalue weighted by atomic mass is 16.3. The van der Waals surface area contributed by atoms with Crippen molar-refractivity contribution in [2.75, 3.05) is 23.9 Å². The van der Waals surface area contributed by atoms with E-state index >= 15 is 0 Å². The Balaban J connectivity index is 2.52. The molecule has 0 N–H and O–H groups in total. The van der Waals surface area contributed by atoms with Crippen molar-refractivity contribution in [3.8, 4) is 0 Å². The van der Waals surface area contributed by atoms with E-state index in [-0.39, 0.29) is 6.17 Å². The van der Waals surface area contributed by atoms with Crippen LogP contribution in [0.5, 0.6) is 0 Å². The van der Waals surface area contributed by atoms with Crippen LogP contribution in [-0.4, -0.2) is 26.5 Å². The monoisotopic (exact) mass is 205 g/mol. The number of aldehydes is 1. The van der Waals surface area contributed by atoms with Crippen molar-refractivity contribution in [1.82, 2.24) is 0 Å². The first-order valence-electron chi connectivity index (χ1n) is 4.57. The van der Waals surface area contributed by atoms with Gasteiger partial charge in [0.2, 0.25) is 0 Å². The molecule has 0 radical (unpaired) electrons. The van der Waals surface area contributed by atoms with Gasteiger partial charge in [-0.1, -0.05) is 0 Å². The second-order valence-corrected chi connectivity index (χ2v) is 3.54. The number of anilines is 2. The molecule has 78 valence electrons. The highest BCUT2D eigenvalue weighted by molar-refractivity contribution is 5.86. The summed E-state index contributed by atoms with van der Waals surface area (Å²) in [6, 6.07) is 5.12. The van der Waals surface area contributed by atoms with E-state index in [2.05, 4.69) is 5.18 Å². The van der Waals surface area contributed by atoms with Crippen LogP contribution in [0.25, 0.3) is 0 Å². The molecule has 5 heteroatoms. The third-order valence-electron chi connectivity index (χ3n) is 2.74. The predicted octanol–water partition coefficient (Wildman–Crippen LogP) is 1.50. The standard InChI is InChI=1S/C10H11N3O2/c1-12-8-4-3-7(11-15)5-9(8)13(2)10(12)6-14/h3-6,10H,1-2H3. The van der Waals surface area contributed by atoms with E-state index < -0.39 is 0 Å². The molecule has 5 nitrogen and oxygen atoms in total. The Bertz CT molecular complexity index is 419. The van der Waals surface area contributed by atoms with E-state index in [0.717, 1.165) is 17.7 Å². The second kappa shape index (κ2) is 3.34. The normalized spacial score (nSPS) is 18.9. The number of nitrogens with zero attached hydrogens (tertiary/aromatic N) is 3. The summed E-state index contributed by atoms with van der Waals surface area (Å²) in [4.78, 5) is 25.0. The Morgan fingerprint density at radius 1 is 1.27 bits per heavy atom. The molecule has 0 bridgehead atoms. The Hall–Kier alpha value is -1.91. The van der Waals surface area contributed by atoms with Gasteiger partial charge in [0.25, 0.3) is 0 Å². The zero-order valence-electron chi connectivity index (χ0n) is 8.54. The Labute approximate surface area is 87.3 Å². The van der Waals surface area contributed by atoms with E-state index in [1.165, 1.54) is 0 Å². The van der Waals surface area contributed by atoms with Crippen LogP contribution in [0.1, 0.15) is 0 Å². The lowest BCUT2D eigenvalue weighted by molar-refractivity contribution is -0.108. The van der Waals surface area contributed by atoms with Gasteiger partial charge in [0.15, 0.2) is 12.5 Å². The minimum absolute atomic E-state index is 0.304. The van der Waals surface area contributed by atoms with Gasteiger partial charge in [-0.15, -0.1) is 4.91 Å². The van der Waals surface area contributed by atoms with E-state index in [0.29, 0.717) is 5.69 Å². The van der Waals surface area contributed by atoms with E-state index in [4.69, 9.17) is 0 Å². The maximum atomic E-state index is 10.9. The fraction of sp³-hybridized carbons (Fsp3) is 0.300. The van der Waals surface area contributed by atoms with E-state index in [1.54, 1.807) is 18.2 Å². The largest absolute Gasteiger partial charge is 0.347 e. The number of nitroso groups, excluding NO2 is 1. The number of carbonyl (C=O) groups excluding carboxylic acids is 1. The Kier molecular flexibility index (Phi) is 2.15. The minimum atomic E-state index is -0.304. The van der Waals surface area contributed by atoms with Crippen LogP contribution in [0.15, 0.2) is 23.4 Å². The predicted molar refractivity (Wildman–Crippen MR) is 58.6 cm³/mol. The van der Waals surface area contributed by atoms with Gasteiger partial charge in [-0.25, -0.2) is 0 Å². The van der Waals surface area contributed by atoms with E-state index in [9.17, 15) is 9.70 Å². The molecule has 0 saturated heterocycles. The van der Waals surface area contributed by atoms with Gasteiger partial charge in [0.1, 0.15) is 5.69 Å². The molecule has 2 rings (SSSR count). The summed E-state index contributed by atoms with van der Waals surface area (Å²) in [5.74, 6) is 0. The minimum Gasteiger partial charge on any atom is -0.347 e. The lowest BCUT2D eigenvalue weighted by Crippen LogP contribution is -2.40. The highest BCUT2D eigenvalue weighted by Gasteiger charge is 2.30. The summed E-state index contributed by atoms with van der Waals surface area (Å²) in [5.41, 5.74) is 2.16. The molecule has 1 aromatic rings. The average molecular weight is 205 g/mol. The molecule has 1 aliphatic rings. The zero-order valence-corrected chi connectivity index (χ0v) is 8.54. The van der Waals surface area contributed by atoms with Crippen LogP contribution < -0.4 is 9.80 Å². The fourth-order valence-electron chi connectivity index (χ4n) is 1.88. The molecule has 1 heterocycles. The van der Waals surface area contributed by atoms with E-state index in [1.807, 2.05) is 23.9 Å². The maximum Gasteiger partial charge on any atom is 0.162 e. The molecule has 0 saturated carbocycles. The summed E-state index contributed by atoms with van der Waals surface area (Å²) in [6.07, 6.45) is 0.565. The molecule has 1 aromatic carbocycles. The molecular formula is C10H11N3O2. The molecule has 0 aliphatic carbocycles. The van der Waals surface area contributed by atoms with Crippen LogP contribution in [0, 0.1) is 4.91 Å². The number of fused-ring (bicyclic) bond motifs is 1. The summed E-state index contributed by atoms with van der Waals surface area (Å²) in [6.45, 7) is 0. The summed E-state index contributed by atoms with van der Waals surface area (Å²) >= 11 is 0. The molecule has 0 spiro atoms. The Morgan fingerprint density at radius 3 is 2.53 bits per heavy atom. The lowest BCUT2D eigenvalue weighted by atomic mass is 10.2. The van der Waals surface area contributed by atoms with Crippen LogP contribution in [0.4, 0.5) is 17.1 Å². The zero-order chi connectivity index (χ0) is 11.0. The molecule has 0 amide bonds. The number of rotatable bonds is 2. The van der Waals surface area contributed by atoms with Gasteiger partial charge in [-0.3, -0.25) is 4.79 Å². The average Bonchev–Trinajstić information content (AvgIpc) is 2.51. The molecule has 0 aromatic heterocycles. The fourth-order valence-corrected chi connectivity index (χ4v) is 1.88. The SMILES string of the molecule is CN1c2ccc(N=O)cc2N(C)C1C=O. The number of hydrogen-bond donors (Lipinski definition) is 0. The van der Waals surface area contributed by atoms with Crippen LogP contribution >= 0.6 is 0 Å². The Morgan fingerprint density at radius 2 is 1.93 bits per heavy atom. The third-order valence-corrected chi connectivity index (χ3v) is 2.74. The molecule has 1 aliphatic heterocycles. The second-order valence-electron chi connectivity index (χ2n) is 3.54. The summed E-state index contributed by atoms with van der Waals surface area (Å²) in [5, 5.41) is 2.87. The molecule has 15 heavy (non-hydrogen) atoms. The lowest BCUT2D eigenvalue weighted by Gasteiger charge is -2.21. The van der Waals surface area contributed by atoms with Gasteiger partial charge in [0, 0.05) is 14.1 Å². The van der Waals surface area contributed by atoms with Gasteiger partial charge in [-0.05, 0) is 23.4 Å². The van der Waals surface area contributed by atoms with Gasteiger partial charge < -0.3 is 9.80 Å². The highest BCUT2D eigenvalue weighted by Crippen LogP contribution is 2.39. The van der Waals surface area contributed by atoms with Crippen molar-refractivity contribution in [2.24, 2.45) is 5.18 Å². The van der Waals surface area contributed by atoms with Crippen LogP contribution in [0.3, 0.4) is 0 Å². The molecule has 1 unspecified atom stereocenters. The summed E-state index contributed by atoms with van der Waals surface area (Å²) in [7, 11) is 3.66. The number of hydrogen-bond acceptors (Lipinski definition) is 5. The molecule has 1 atom stereocenters. The van der Waals surface area contributed by atoms with Crippen molar-refractivity contribution in [3.63, 3.8) is 0 Å². The van der Waals surface area contributed by atoms with Gasteiger partial charge >= 0.3 is 0 Å². The number of benzene rings is 1. The molecule has 0 fully saturated rings. The van der Waals surface area contributed by atoms with Crippen LogP contribution in [-0.2, 0) is 4.79 Å². The van der Waals surface area contributed by atoms with Crippen molar-refractivity contribution in [2.45, 2.75) is 6.17 Å². The van der Waals surface area contributed by atoms with Gasteiger partial charge in [-0.2, -0.15) is 0 Å². The third kappa shape index (κ3) is 1.27.